The first kappa shape index (κ1) is 19.7. The lowest BCUT2D eigenvalue weighted by Gasteiger charge is -2.35. The summed E-state index contributed by atoms with van der Waals surface area (Å²) in [5, 5.41) is 13.7. The summed E-state index contributed by atoms with van der Waals surface area (Å²) in [4.78, 5) is 18.5. The van der Waals surface area contributed by atoms with E-state index in [1.54, 1.807) is 0 Å². The Hall–Kier alpha value is -2.58. The highest BCUT2D eigenvalue weighted by Crippen LogP contribution is 2.31. The minimum atomic E-state index is -0.339. The van der Waals surface area contributed by atoms with E-state index < -0.39 is 0 Å². The number of para-hydroxylation sites is 1. The molecule has 1 aromatic carbocycles. The summed E-state index contributed by atoms with van der Waals surface area (Å²) < 4.78 is 7.42. The van der Waals surface area contributed by atoms with Crippen LogP contribution in [0.3, 0.4) is 0 Å². The number of nitrogens with zero attached hydrogens (tertiary/aromatic N) is 5. The molecule has 0 saturated carbocycles. The molecule has 3 heterocycles. The van der Waals surface area contributed by atoms with Crippen LogP contribution in [0.4, 0.5) is 0 Å². The zero-order valence-electron chi connectivity index (χ0n) is 17.5. The van der Waals surface area contributed by atoms with E-state index in [1.165, 1.54) is 0 Å². The van der Waals surface area contributed by atoms with Crippen molar-refractivity contribution in [3.8, 4) is 0 Å². The molecule has 2 aromatic heterocycles. The van der Waals surface area contributed by atoms with E-state index in [2.05, 4.69) is 46.2 Å². The Bertz CT molecular complexity index is 1060. The standard InChI is InChI=1S/C21H28N6O2/c1-5-21(3,4)27-19(23-24-25-27)18(26-9-11-29-12-10-26)16-13-15-8-6-7-14(2)17(15)22-20(16)28/h6-8,13,18H,5,9-12H2,1-4H3,(H,22,28)/t18-/m0/s1. The van der Waals surface area contributed by atoms with Gasteiger partial charge in [-0.1, -0.05) is 25.1 Å². The summed E-state index contributed by atoms with van der Waals surface area (Å²) in [6.45, 7) is 11.0. The van der Waals surface area contributed by atoms with E-state index in [1.807, 2.05) is 35.9 Å². The molecular formula is C21H28N6O2. The number of hydrogen-bond acceptors (Lipinski definition) is 6. The number of nitrogens with one attached hydrogen (secondary N) is 1. The van der Waals surface area contributed by atoms with E-state index in [9.17, 15) is 4.79 Å². The SMILES string of the molecule is CCC(C)(C)n1nnnc1[C@H](c1cc2cccc(C)c2[nH]c1=O)N1CCOCC1. The summed E-state index contributed by atoms with van der Waals surface area (Å²) in [6, 6.07) is 7.68. The smallest absolute Gasteiger partial charge is 0.253 e. The Labute approximate surface area is 169 Å². The molecule has 0 aliphatic carbocycles. The van der Waals surface area contributed by atoms with Gasteiger partial charge in [-0.25, -0.2) is 4.68 Å². The van der Waals surface area contributed by atoms with E-state index in [0.717, 1.165) is 36.0 Å². The number of aromatic amines is 1. The lowest BCUT2D eigenvalue weighted by atomic mass is 9.98. The normalized spacial score (nSPS) is 17.0. The molecule has 1 fully saturated rings. The quantitative estimate of drug-likeness (QED) is 0.712. The lowest BCUT2D eigenvalue weighted by Crippen LogP contribution is -2.43. The van der Waals surface area contributed by atoms with Crippen LogP contribution >= 0.6 is 0 Å². The average Bonchev–Trinajstić information content (AvgIpc) is 3.21. The predicted octanol–water partition coefficient (Wildman–Crippen LogP) is 2.39. The molecule has 8 nitrogen and oxygen atoms in total. The van der Waals surface area contributed by atoms with Crippen LogP contribution in [0.1, 0.15) is 50.2 Å². The van der Waals surface area contributed by atoms with Crippen molar-refractivity contribution < 1.29 is 4.74 Å². The average molecular weight is 396 g/mol. The van der Waals surface area contributed by atoms with Gasteiger partial charge in [0.05, 0.1) is 24.3 Å². The Morgan fingerprint density at radius 1 is 1.28 bits per heavy atom. The number of tetrazole rings is 1. The van der Waals surface area contributed by atoms with Crippen molar-refractivity contribution in [3.05, 3.63) is 51.6 Å². The van der Waals surface area contributed by atoms with Crippen LogP contribution < -0.4 is 5.56 Å². The molecule has 4 rings (SSSR count). The fourth-order valence-electron chi connectivity index (χ4n) is 3.88. The molecule has 0 spiro atoms. The number of morpholine rings is 1. The second-order valence-electron chi connectivity index (χ2n) is 8.26. The number of fused-ring (bicyclic) bond motifs is 1. The maximum absolute atomic E-state index is 13.2. The maximum Gasteiger partial charge on any atom is 0.253 e. The molecule has 1 N–H and O–H groups in total. The van der Waals surface area contributed by atoms with Crippen molar-refractivity contribution in [1.82, 2.24) is 30.1 Å². The van der Waals surface area contributed by atoms with Gasteiger partial charge < -0.3 is 9.72 Å². The van der Waals surface area contributed by atoms with Crippen LogP contribution in [0.15, 0.2) is 29.1 Å². The molecular weight excluding hydrogens is 368 g/mol. The molecule has 1 saturated heterocycles. The van der Waals surface area contributed by atoms with Gasteiger partial charge in [-0.15, -0.1) is 5.10 Å². The van der Waals surface area contributed by atoms with Gasteiger partial charge in [-0.2, -0.15) is 0 Å². The molecule has 0 bridgehead atoms. The molecule has 1 aliphatic rings. The first-order chi connectivity index (χ1) is 13.9. The third-order valence-electron chi connectivity index (χ3n) is 6.00. The van der Waals surface area contributed by atoms with Crippen molar-refractivity contribution in [2.24, 2.45) is 0 Å². The van der Waals surface area contributed by atoms with Gasteiger partial charge in [0.25, 0.3) is 5.56 Å². The van der Waals surface area contributed by atoms with Crippen molar-refractivity contribution in [1.29, 1.82) is 0 Å². The number of pyridine rings is 1. The van der Waals surface area contributed by atoms with Crippen molar-refractivity contribution in [3.63, 3.8) is 0 Å². The van der Waals surface area contributed by atoms with Crippen LogP contribution in [0.25, 0.3) is 10.9 Å². The highest BCUT2D eigenvalue weighted by atomic mass is 16.5. The highest BCUT2D eigenvalue weighted by Gasteiger charge is 2.34. The van der Waals surface area contributed by atoms with Gasteiger partial charge in [0.1, 0.15) is 6.04 Å². The topological polar surface area (TPSA) is 88.9 Å². The first-order valence-corrected chi connectivity index (χ1v) is 10.2. The second-order valence-corrected chi connectivity index (χ2v) is 8.26. The summed E-state index contributed by atoms with van der Waals surface area (Å²) >= 11 is 0. The number of aromatic nitrogens is 5. The first-order valence-electron chi connectivity index (χ1n) is 10.2. The van der Waals surface area contributed by atoms with Crippen molar-refractivity contribution >= 4 is 10.9 Å². The molecule has 0 amide bonds. The maximum atomic E-state index is 13.2. The Kier molecular flexibility index (Phi) is 5.23. The number of rotatable bonds is 5. The van der Waals surface area contributed by atoms with Crippen molar-refractivity contribution in [2.45, 2.75) is 45.7 Å². The predicted molar refractivity (Wildman–Crippen MR) is 111 cm³/mol. The van der Waals surface area contributed by atoms with Gasteiger partial charge in [-0.05, 0) is 54.6 Å². The van der Waals surface area contributed by atoms with E-state index in [-0.39, 0.29) is 17.1 Å². The third-order valence-corrected chi connectivity index (χ3v) is 6.00. The number of ether oxygens (including phenoxy) is 1. The largest absolute Gasteiger partial charge is 0.379 e. The van der Waals surface area contributed by atoms with E-state index in [4.69, 9.17) is 4.74 Å². The van der Waals surface area contributed by atoms with Crippen molar-refractivity contribution in [2.75, 3.05) is 26.3 Å². The second kappa shape index (κ2) is 7.68. The number of hydrogen-bond donors (Lipinski definition) is 1. The van der Waals surface area contributed by atoms with Crippen LogP contribution in [0.2, 0.25) is 0 Å². The summed E-state index contributed by atoms with van der Waals surface area (Å²) in [7, 11) is 0. The number of aryl methyl sites for hydroxylation is 1. The molecule has 1 atom stereocenters. The highest BCUT2D eigenvalue weighted by molar-refractivity contribution is 5.82. The molecule has 8 heteroatoms. The number of H-pyrrole nitrogens is 1. The molecule has 0 unspecified atom stereocenters. The van der Waals surface area contributed by atoms with E-state index >= 15 is 0 Å². The van der Waals surface area contributed by atoms with Crippen LogP contribution in [0.5, 0.6) is 0 Å². The minimum absolute atomic E-state index is 0.104. The van der Waals surface area contributed by atoms with Gasteiger partial charge in [0, 0.05) is 18.7 Å². The zero-order valence-corrected chi connectivity index (χ0v) is 17.5. The Morgan fingerprint density at radius 2 is 2.03 bits per heavy atom. The summed E-state index contributed by atoms with van der Waals surface area (Å²) in [6.07, 6.45) is 0.869. The van der Waals surface area contributed by atoms with Gasteiger partial charge >= 0.3 is 0 Å². The fourth-order valence-corrected chi connectivity index (χ4v) is 3.88. The van der Waals surface area contributed by atoms with E-state index in [0.29, 0.717) is 24.6 Å². The van der Waals surface area contributed by atoms with Crippen LogP contribution in [-0.4, -0.2) is 56.4 Å². The van der Waals surface area contributed by atoms with Crippen LogP contribution in [0, 0.1) is 6.92 Å². The monoisotopic (exact) mass is 396 g/mol. The van der Waals surface area contributed by atoms with Gasteiger partial charge in [0.15, 0.2) is 5.82 Å². The third kappa shape index (κ3) is 3.58. The summed E-state index contributed by atoms with van der Waals surface area (Å²) in [5.41, 5.74) is 2.21. The fraction of sp³-hybridized carbons (Fsp3) is 0.524. The lowest BCUT2D eigenvalue weighted by molar-refractivity contribution is 0.0204. The Balaban J connectivity index is 1.92. The zero-order chi connectivity index (χ0) is 20.6. The Morgan fingerprint density at radius 3 is 2.76 bits per heavy atom. The van der Waals surface area contributed by atoms with Crippen LogP contribution in [-0.2, 0) is 10.3 Å². The van der Waals surface area contributed by atoms with Gasteiger partial charge in [-0.3, -0.25) is 9.69 Å². The number of benzene rings is 1. The molecule has 29 heavy (non-hydrogen) atoms. The minimum Gasteiger partial charge on any atom is -0.379 e. The molecule has 1 aliphatic heterocycles. The van der Waals surface area contributed by atoms with Gasteiger partial charge in [0.2, 0.25) is 0 Å². The molecule has 3 aromatic rings. The summed E-state index contributed by atoms with van der Waals surface area (Å²) in [5.74, 6) is 0.691. The molecule has 154 valence electrons. The molecule has 0 radical (unpaired) electrons.